The smallest absolute Gasteiger partial charge is 0.270 e. The summed E-state index contributed by atoms with van der Waals surface area (Å²) in [6.07, 6.45) is 2.05. The first-order valence-corrected chi connectivity index (χ1v) is 7.78. The van der Waals surface area contributed by atoms with Crippen molar-refractivity contribution in [3.8, 4) is 0 Å². The van der Waals surface area contributed by atoms with Crippen LogP contribution < -0.4 is 10.2 Å². The maximum Gasteiger partial charge on any atom is 0.270 e. The number of carbonyl (C=O) groups is 1. The maximum absolute atomic E-state index is 12.6. The Balaban J connectivity index is 2.27. The van der Waals surface area contributed by atoms with E-state index in [-0.39, 0.29) is 17.2 Å². The molecule has 2 rings (SSSR count). The van der Waals surface area contributed by atoms with E-state index in [4.69, 9.17) is 0 Å². The second-order valence-corrected chi connectivity index (χ2v) is 5.75. The van der Waals surface area contributed by atoms with Crippen LogP contribution in [-0.2, 0) is 6.42 Å². The van der Waals surface area contributed by atoms with Crippen molar-refractivity contribution in [1.29, 1.82) is 0 Å². The number of hydrogen-bond donors (Lipinski definition) is 1. The number of nitro groups is 1. The molecular weight excluding hydrogens is 306 g/mol. The second kappa shape index (κ2) is 7.59. The zero-order valence-corrected chi connectivity index (χ0v) is 14.1. The van der Waals surface area contributed by atoms with Crippen molar-refractivity contribution >= 4 is 23.0 Å². The summed E-state index contributed by atoms with van der Waals surface area (Å²) < 4.78 is 0. The first-order chi connectivity index (χ1) is 11.4. The van der Waals surface area contributed by atoms with Crippen LogP contribution in [0.25, 0.3) is 0 Å². The number of non-ortho nitro benzene ring substituents is 1. The molecule has 0 atom stereocenters. The van der Waals surface area contributed by atoms with Crippen LogP contribution in [0.1, 0.15) is 29.3 Å². The predicted molar refractivity (Wildman–Crippen MR) is 95.8 cm³/mol. The average Bonchev–Trinajstić information content (AvgIpc) is 2.56. The molecule has 0 bridgehead atoms. The highest BCUT2D eigenvalue weighted by Gasteiger charge is 2.18. The second-order valence-electron chi connectivity index (χ2n) is 5.75. The number of nitrogens with zero attached hydrogens (tertiary/aromatic N) is 2. The van der Waals surface area contributed by atoms with Crippen LogP contribution >= 0.6 is 0 Å². The van der Waals surface area contributed by atoms with Gasteiger partial charge in [0, 0.05) is 37.6 Å². The van der Waals surface area contributed by atoms with E-state index in [2.05, 4.69) is 12.2 Å². The first kappa shape index (κ1) is 17.5. The molecule has 0 aliphatic carbocycles. The first-order valence-electron chi connectivity index (χ1n) is 7.78. The third kappa shape index (κ3) is 4.10. The van der Waals surface area contributed by atoms with Crippen LogP contribution in [0.4, 0.5) is 17.1 Å². The van der Waals surface area contributed by atoms with Gasteiger partial charge < -0.3 is 10.2 Å². The summed E-state index contributed by atoms with van der Waals surface area (Å²) in [4.78, 5) is 24.8. The van der Waals surface area contributed by atoms with Gasteiger partial charge in [-0.05, 0) is 30.2 Å². The van der Waals surface area contributed by atoms with Gasteiger partial charge in [-0.2, -0.15) is 0 Å². The van der Waals surface area contributed by atoms with Crippen LogP contribution in [0.2, 0.25) is 0 Å². The molecule has 0 heterocycles. The van der Waals surface area contributed by atoms with Crippen LogP contribution in [0.5, 0.6) is 0 Å². The van der Waals surface area contributed by atoms with Crippen molar-refractivity contribution in [2.24, 2.45) is 0 Å². The number of benzene rings is 2. The molecular formula is C18H21N3O3. The molecule has 0 aliphatic rings. The number of aryl methyl sites for hydroxylation is 1. The van der Waals surface area contributed by atoms with Gasteiger partial charge in [-0.15, -0.1) is 0 Å². The van der Waals surface area contributed by atoms with E-state index < -0.39 is 4.92 Å². The largest absolute Gasteiger partial charge is 0.377 e. The standard InChI is InChI=1S/C18H21N3O3/c1-4-5-13-6-8-14(9-7-13)19-18(22)16-12-15(21(23)24)10-11-17(16)20(2)3/h6-12H,4-5H2,1-3H3,(H,19,22). The maximum atomic E-state index is 12.6. The molecule has 0 saturated carbocycles. The summed E-state index contributed by atoms with van der Waals surface area (Å²) in [6, 6.07) is 11.9. The number of anilines is 2. The molecule has 6 nitrogen and oxygen atoms in total. The van der Waals surface area contributed by atoms with Gasteiger partial charge in [-0.1, -0.05) is 25.5 Å². The van der Waals surface area contributed by atoms with E-state index in [0.717, 1.165) is 12.8 Å². The third-order valence-electron chi connectivity index (χ3n) is 3.67. The van der Waals surface area contributed by atoms with Crippen molar-refractivity contribution in [3.63, 3.8) is 0 Å². The summed E-state index contributed by atoms with van der Waals surface area (Å²) >= 11 is 0. The zero-order chi connectivity index (χ0) is 17.7. The number of carbonyl (C=O) groups excluding carboxylic acids is 1. The van der Waals surface area contributed by atoms with Crippen molar-refractivity contribution in [2.45, 2.75) is 19.8 Å². The number of amides is 1. The Kier molecular flexibility index (Phi) is 5.52. The van der Waals surface area contributed by atoms with E-state index in [9.17, 15) is 14.9 Å². The molecule has 1 amide bonds. The Labute approximate surface area is 141 Å². The zero-order valence-electron chi connectivity index (χ0n) is 14.1. The molecule has 126 valence electrons. The molecule has 6 heteroatoms. The topological polar surface area (TPSA) is 75.5 Å². The molecule has 2 aromatic carbocycles. The van der Waals surface area contributed by atoms with Crippen molar-refractivity contribution in [2.75, 3.05) is 24.3 Å². The van der Waals surface area contributed by atoms with Gasteiger partial charge in [0.25, 0.3) is 11.6 Å². The van der Waals surface area contributed by atoms with Gasteiger partial charge >= 0.3 is 0 Å². The van der Waals surface area contributed by atoms with E-state index in [1.54, 1.807) is 25.1 Å². The van der Waals surface area contributed by atoms with Gasteiger partial charge in [0.2, 0.25) is 0 Å². The monoisotopic (exact) mass is 327 g/mol. The Morgan fingerprint density at radius 2 is 1.83 bits per heavy atom. The fraction of sp³-hybridized carbons (Fsp3) is 0.278. The molecule has 1 N–H and O–H groups in total. The van der Waals surface area contributed by atoms with Crippen molar-refractivity contribution in [1.82, 2.24) is 0 Å². The van der Waals surface area contributed by atoms with Crippen LogP contribution in [-0.4, -0.2) is 24.9 Å². The van der Waals surface area contributed by atoms with Gasteiger partial charge in [0.05, 0.1) is 10.5 Å². The number of nitrogens with one attached hydrogen (secondary N) is 1. The molecule has 0 fully saturated rings. The number of nitro benzene ring substituents is 1. The van der Waals surface area contributed by atoms with Gasteiger partial charge in [-0.25, -0.2) is 0 Å². The van der Waals surface area contributed by atoms with Gasteiger partial charge in [0.15, 0.2) is 0 Å². The highest BCUT2D eigenvalue weighted by atomic mass is 16.6. The van der Waals surface area contributed by atoms with E-state index in [0.29, 0.717) is 11.4 Å². The van der Waals surface area contributed by atoms with Gasteiger partial charge in [-0.3, -0.25) is 14.9 Å². The lowest BCUT2D eigenvalue weighted by atomic mass is 10.1. The lowest BCUT2D eigenvalue weighted by molar-refractivity contribution is -0.384. The Morgan fingerprint density at radius 1 is 1.17 bits per heavy atom. The SMILES string of the molecule is CCCc1ccc(NC(=O)c2cc([N+](=O)[O-])ccc2N(C)C)cc1. The normalized spacial score (nSPS) is 10.3. The lowest BCUT2D eigenvalue weighted by Crippen LogP contribution is -2.18. The fourth-order valence-corrected chi connectivity index (χ4v) is 2.45. The van der Waals surface area contributed by atoms with E-state index in [1.807, 2.05) is 24.3 Å². The summed E-state index contributed by atoms with van der Waals surface area (Å²) in [5.74, 6) is -0.370. The minimum absolute atomic E-state index is 0.107. The summed E-state index contributed by atoms with van der Waals surface area (Å²) in [7, 11) is 3.58. The fourth-order valence-electron chi connectivity index (χ4n) is 2.45. The van der Waals surface area contributed by atoms with Crippen molar-refractivity contribution in [3.05, 3.63) is 63.7 Å². The molecule has 0 spiro atoms. The molecule has 0 aliphatic heterocycles. The highest BCUT2D eigenvalue weighted by molar-refractivity contribution is 6.08. The Hall–Kier alpha value is -2.89. The molecule has 0 saturated heterocycles. The minimum Gasteiger partial charge on any atom is -0.377 e. The van der Waals surface area contributed by atoms with E-state index >= 15 is 0 Å². The quantitative estimate of drug-likeness (QED) is 0.645. The number of hydrogen-bond acceptors (Lipinski definition) is 4. The Morgan fingerprint density at radius 3 is 2.38 bits per heavy atom. The molecule has 0 aromatic heterocycles. The van der Waals surface area contributed by atoms with Crippen LogP contribution in [0, 0.1) is 10.1 Å². The molecule has 0 radical (unpaired) electrons. The average molecular weight is 327 g/mol. The lowest BCUT2D eigenvalue weighted by Gasteiger charge is -2.17. The number of rotatable bonds is 6. The van der Waals surface area contributed by atoms with E-state index in [1.165, 1.54) is 17.7 Å². The summed E-state index contributed by atoms with van der Waals surface area (Å²) in [6.45, 7) is 2.11. The third-order valence-corrected chi connectivity index (χ3v) is 3.67. The van der Waals surface area contributed by atoms with Gasteiger partial charge in [0.1, 0.15) is 0 Å². The van der Waals surface area contributed by atoms with Crippen molar-refractivity contribution < 1.29 is 9.72 Å². The molecule has 0 unspecified atom stereocenters. The summed E-state index contributed by atoms with van der Waals surface area (Å²) in [5.41, 5.74) is 2.66. The predicted octanol–water partition coefficient (Wildman–Crippen LogP) is 3.87. The molecule has 24 heavy (non-hydrogen) atoms. The molecule has 2 aromatic rings. The van der Waals surface area contributed by atoms with Crippen LogP contribution in [0.3, 0.4) is 0 Å². The minimum atomic E-state index is -0.504. The van der Waals surface area contributed by atoms with Crippen LogP contribution in [0.15, 0.2) is 42.5 Å². The highest BCUT2D eigenvalue weighted by Crippen LogP contribution is 2.25. The summed E-state index contributed by atoms with van der Waals surface area (Å²) in [5, 5.41) is 13.8. The Bertz CT molecular complexity index is 740.